The summed E-state index contributed by atoms with van der Waals surface area (Å²) in [5.41, 5.74) is 5.56. The molecule has 3 rings (SSSR count). The number of piperidine rings is 1. The van der Waals surface area contributed by atoms with Crippen molar-refractivity contribution in [2.75, 3.05) is 31.8 Å². The summed E-state index contributed by atoms with van der Waals surface area (Å²) in [5.74, 6) is -1.03. The molecule has 2 aliphatic rings. The van der Waals surface area contributed by atoms with Gasteiger partial charge in [-0.25, -0.2) is 4.39 Å². The van der Waals surface area contributed by atoms with Crippen LogP contribution in [0.3, 0.4) is 0 Å². The summed E-state index contributed by atoms with van der Waals surface area (Å²) in [6.45, 7) is 2.30. The van der Waals surface area contributed by atoms with Gasteiger partial charge in [0.15, 0.2) is 5.82 Å². The number of aromatic hydroxyl groups is 1. The number of phenols is 1. The fourth-order valence-electron chi connectivity index (χ4n) is 3.05. The molecule has 0 spiro atoms. The third-order valence-corrected chi connectivity index (χ3v) is 4.28. The van der Waals surface area contributed by atoms with Gasteiger partial charge in [0.2, 0.25) is 0 Å². The summed E-state index contributed by atoms with van der Waals surface area (Å²) in [4.78, 5) is 13.4. The van der Waals surface area contributed by atoms with Crippen molar-refractivity contribution in [3.05, 3.63) is 23.5 Å². The highest BCUT2D eigenvalue weighted by atomic mass is 19.1. The third-order valence-electron chi connectivity index (χ3n) is 4.28. The highest BCUT2D eigenvalue weighted by Gasteiger charge is 2.25. The first-order valence-electron chi connectivity index (χ1n) is 7.65. The number of halogens is 1. The average molecular weight is 324 g/mol. The van der Waals surface area contributed by atoms with E-state index < -0.39 is 5.82 Å². The molecule has 2 fully saturated rings. The van der Waals surface area contributed by atoms with Gasteiger partial charge in [0, 0.05) is 26.7 Å². The minimum Gasteiger partial charge on any atom is -0.506 e. The van der Waals surface area contributed by atoms with E-state index in [1.54, 1.807) is 13.2 Å². The second-order valence-corrected chi connectivity index (χ2v) is 5.90. The van der Waals surface area contributed by atoms with E-state index in [1.165, 1.54) is 11.1 Å². The van der Waals surface area contributed by atoms with Gasteiger partial charge in [-0.2, -0.15) is 0 Å². The Hall–Kier alpha value is -1.90. The van der Waals surface area contributed by atoms with Crippen LogP contribution in [0.1, 0.15) is 18.4 Å². The fourth-order valence-corrected chi connectivity index (χ4v) is 3.05. The molecular weight excluding hydrogens is 303 g/mol. The molecule has 1 amide bonds. The predicted molar refractivity (Wildman–Crippen MR) is 82.0 cm³/mol. The Bertz CT molecular complexity index is 567. The third kappa shape index (κ3) is 3.54. The number of nitrogens with one attached hydrogen (secondary N) is 2. The molecule has 0 radical (unpaired) electrons. The van der Waals surface area contributed by atoms with Gasteiger partial charge in [-0.15, -0.1) is 5.53 Å². The normalized spacial score (nSPS) is 20.1. The summed E-state index contributed by atoms with van der Waals surface area (Å²) in [5, 5.41) is 11.4. The number of carbonyl (C=O) groups excluding carboxylic acids is 1. The number of benzene rings is 1. The topological polar surface area (TPSA) is 77.1 Å². The van der Waals surface area contributed by atoms with Crippen molar-refractivity contribution >= 4 is 11.6 Å². The number of rotatable bonds is 4. The van der Waals surface area contributed by atoms with Crippen LogP contribution < -0.4 is 16.0 Å². The molecule has 1 aromatic rings. The summed E-state index contributed by atoms with van der Waals surface area (Å²) >= 11 is 0. The van der Waals surface area contributed by atoms with E-state index in [0.717, 1.165) is 25.9 Å². The zero-order chi connectivity index (χ0) is 16.4. The van der Waals surface area contributed by atoms with E-state index in [9.17, 15) is 14.3 Å². The second-order valence-electron chi connectivity index (χ2n) is 5.90. The summed E-state index contributed by atoms with van der Waals surface area (Å²) < 4.78 is 19.7. The second kappa shape index (κ2) is 6.69. The van der Waals surface area contributed by atoms with Gasteiger partial charge in [0.25, 0.3) is 5.91 Å². The lowest BCUT2D eigenvalue weighted by Gasteiger charge is -2.31. The number of hydrogen-bond donors (Lipinski definition) is 3. The van der Waals surface area contributed by atoms with Crippen molar-refractivity contribution in [1.82, 2.24) is 15.9 Å². The van der Waals surface area contributed by atoms with Crippen LogP contribution in [-0.4, -0.2) is 48.8 Å². The Morgan fingerprint density at radius 1 is 1.39 bits per heavy atom. The van der Waals surface area contributed by atoms with Gasteiger partial charge in [0.1, 0.15) is 18.0 Å². The van der Waals surface area contributed by atoms with E-state index in [0.29, 0.717) is 18.2 Å². The number of hydrogen-bond acceptors (Lipinski definition) is 6. The Kier molecular flexibility index (Phi) is 4.65. The lowest BCUT2D eigenvalue weighted by atomic mass is 10.1. The van der Waals surface area contributed by atoms with Crippen LogP contribution in [-0.2, 0) is 16.1 Å². The zero-order valence-electron chi connectivity index (χ0n) is 13.0. The zero-order valence-corrected chi connectivity index (χ0v) is 13.0. The minimum atomic E-state index is -0.559. The minimum absolute atomic E-state index is 0.0230. The van der Waals surface area contributed by atoms with E-state index in [4.69, 9.17) is 4.74 Å². The monoisotopic (exact) mass is 324 g/mol. The van der Waals surface area contributed by atoms with Crippen molar-refractivity contribution in [3.8, 4) is 5.75 Å². The van der Waals surface area contributed by atoms with Gasteiger partial charge in [-0.3, -0.25) is 20.1 Å². The SMILES string of the molecule is COC1CCN(Cc2cc(O)c(N3CC(=O)NN3)c(F)c2)CC1. The van der Waals surface area contributed by atoms with Crippen molar-refractivity contribution in [1.29, 1.82) is 0 Å². The number of ether oxygens (including phenoxy) is 1. The maximum Gasteiger partial charge on any atom is 0.256 e. The van der Waals surface area contributed by atoms with Gasteiger partial charge in [0.05, 0.1) is 6.10 Å². The molecule has 0 atom stereocenters. The summed E-state index contributed by atoms with van der Waals surface area (Å²) in [6.07, 6.45) is 2.20. The first kappa shape index (κ1) is 16.0. The van der Waals surface area contributed by atoms with E-state index in [-0.39, 0.29) is 23.9 Å². The molecule has 2 saturated heterocycles. The van der Waals surface area contributed by atoms with Crippen molar-refractivity contribution in [3.63, 3.8) is 0 Å². The molecule has 7 nitrogen and oxygen atoms in total. The number of carbonyl (C=O) groups is 1. The molecule has 8 heteroatoms. The largest absolute Gasteiger partial charge is 0.506 e. The number of likely N-dealkylation sites (tertiary alicyclic amines) is 1. The van der Waals surface area contributed by atoms with E-state index >= 15 is 0 Å². The summed E-state index contributed by atoms with van der Waals surface area (Å²) in [6, 6.07) is 2.95. The summed E-state index contributed by atoms with van der Waals surface area (Å²) in [7, 11) is 1.72. The highest BCUT2D eigenvalue weighted by molar-refractivity contribution is 5.84. The molecule has 0 bridgehead atoms. The van der Waals surface area contributed by atoms with Crippen LogP contribution in [0.5, 0.6) is 5.75 Å². The van der Waals surface area contributed by atoms with Gasteiger partial charge >= 0.3 is 0 Å². The maximum absolute atomic E-state index is 14.3. The van der Waals surface area contributed by atoms with Gasteiger partial charge in [-0.05, 0) is 30.5 Å². The number of hydrazine groups is 2. The molecular formula is C15H21FN4O3. The molecule has 0 unspecified atom stereocenters. The van der Waals surface area contributed by atoms with Gasteiger partial charge < -0.3 is 9.84 Å². The van der Waals surface area contributed by atoms with Crippen LogP contribution in [0.4, 0.5) is 10.1 Å². The van der Waals surface area contributed by atoms with Gasteiger partial charge in [-0.1, -0.05) is 0 Å². The fraction of sp³-hybridized carbons (Fsp3) is 0.533. The first-order valence-corrected chi connectivity index (χ1v) is 7.65. The molecule has 2 heterocycles. The van der Waals surface area contributed by atoms with E-state index in [2.05, 4.69) is 15.9 Å². The Morgan fingerprint density at radius 3 is 2.70 bits per heavy atom. The van der Waals surface area contributed by atoms with Crippen molar-refractivity contribution < 1.29 is 19.0 Å². The molecule has 126 valence electrons. The average Bonchev–Trinajstić information content (AvgIpc) is 2.93. The lowest BCUT2D eigenvalue weighted by molar-refractivity contribution is -0.118. The molecule has 0 aliphatic carbocycles. The molecule has 3 N–H and O–H groups in total. The number of anilines is 1. The van der Waals surface area contributed by atoms with Crippen LogP contribution in [0.2, 0.25) is 0 Å². The standard InChI is InChI=1S/C15H21FN4O3/c1-23-11-2-4-19(5-3-11)8-10-6-12(16)15(13(21)7-10)20-9-14(22)17-18-20/h6-7,11,18,21H,2-5,8-9H2,1H3,(H,17,22). The number of amides is 1. The Morgan fingerprint density at radius 2 is 2.13 bits per heavy atom. The maximum atomic E-state index is 14.3. The predicted octanol–water partition coefficient (Wildman–Crippen LogP) is 0.498. The number of nitrogens with zero attached hydrogens (tertiary/aromatic N) is 2. The molecule has 1 aromatic carbocycles. The van der Waals surface area contributed by atoms with Crippen LogP contribution in [0.15, 0.2) is 12.1 Å². The molecule has 23 heavy (non-hydrogen) atoms. The molecule has 2 aliphatic heterocycles. The quantitative estimate of drug-likeness (QED) is 0.749. The number of methoxy groups -OCH3 is 1. The Labute approximate surface area is 133 Å². The van der Waals surface area contributed by atoms with Crippen LogP contribution in [0, 0.1) is 5.82 Å². The van der Waals surface area contributed by atoms with Crippen LogP contribution in [0.25, 0.3) is 0 Å². The van der Waals surface area contributed by atoms with Crippen molar-refractivity contribution in [2.24, 2.45) is 0 Å². The van der Waals surface area contributed by atoms with Crippen LogP contribution >= 0.6 is 0 Å². The lowest BCUT2D eigenvalue weighted by Crippen LogP contribution is -2.37. The number of phenolic OH excluding ortho intramolecular Hbond substituents is 1. The first-order chi connectivity index (χ1) is 11.1. The smallest absolute Gasteiger partial charge is 0.256 e. The molecule has 0 saturated carbocycles. The Balaban J connectivity index is 1.69. The molecule has 0 aromatic heterocycles. The van der Waals surface area contributed by atoms with E-state index in [1.807, 2.05) is 0 Å². The van der Waals surface area contributed by atoms with Crippen molar-refractivity contribution in [2.45, 2.75) is 25.5 Å². The highest BCUT2D eigenvalue weighted by Crippen LogP contribution is 2.32.